The van der Waals surface area contributed by atoms with Gasteiger partial charge in [0.15, 0.2) is 5.11 Å². The molecule has 24 heavy (non-hydrogen) atoms. The summed E-state index contributed by atoms with van der Waals surface area (Å²) in [4.78, 5) is 1.51. The van der Waals surface area contributed by atoms with Gasteiger partial charge in [0.1, 0.15) is 6.54 Å². The third kappa shape index (κ3) is 6.30. The number of quaternary nitrogens is 1. The van der Waals surface area contributed by atoms with Crippen molar-refractivity contribution in [3.05, 3.63) is 65.2 Å². The molecule has 0 saturated carbocycles. The third-order valence-electron chi connectivity index (χ3n) is 4.18. The van der Waals surface area contributed by atoms with Gasteiger partial charge < -0.3 is 15.5 Å². The molecule has 0 saturated heterocycles. The molecule has 1 unspecified atom stereocenters. The number of hydrogen-bond donors (Lipinski definition) is 3. The van der Waals surface area contributed by atoms with E-state index in [9.17, 15) is 0 Å². The minimum absolute atomic E-state index is 0.693. The first-order valence-corrected chi connectivity index (χ1v) is 8.93. The van der Waals surface area contributed by atoms with Gasteiger partial charge in [0, 0.05) is 24.2 Å². The maximum absolute atomic E-state index is 5.37. The van der Waals surface area contributed by atoms with Crippen LogP contribution in [0.15, 0.2) is 48.5 Å². The van der Waals surface area contributed by atoms with Crippen LogP contribution < -0.4 is 15.5 Å². The molecule has 2 aromatic carbocycles. The fourth-order valence-electron chi connectivity index (χ4n) is 2.62. The summed E-state index contributed by atoms with van der Waals surface area (Å²) in [6.07, 6.45) is 1.09. The fourth-order valence-corrected chi connectivity index (χ4v) is 2.84. The van der Waals surface area contributed by atoms with Gasteiger partial charge in [-0.2, -0.15) is 0 Å². The van der Waals surface area contributed by atoms with E-state index in [1.165, 1.54) is 21.6 Å². The van der Waals surface area contributed by atoms with E-state index in [1.54, 1.807) is 0 Å². The van der Waals surface area contributed by atoms with Gasteiger partial charge >= 0.3 is 0 Å². The lowest BCUT2D eigenvalue weighted by Crippen LogP contribution is -3.07. The first kappa shape index (κ1) is 18.4. The third-order valence-corrected chi connectivity index (χ3v) is 4.43. The standard InChI is InChI=1S/C20H27N3S/c1-16-10-11-19(14-17(16)2)22-20(24)21-12-7-13-23(3)15-18-8-5-4-6-9-18/h4-6,8-11,14H,7,12-13,15H2,1-3H3,(H2,21,22,24)/p+1. The molecule has 0 radical (unpaired) electrons. The summed E-state index contributed by atoms with van der Waals surface area (Å²) < 4.78 is 0. The zero-order valence-electron chi connectivity index (χ0n) is 14.9. The van der Waals surface area contributed by atoms with Crippen LogP contribution in [-0.4, -0.2) is 25.2 Å². The highest BCUT2D eigenvalue weighted by Gasteiger charge is 2.04. The highest BCUT2D eigenvalue weighted by molar-refractivity contribution is 7.80. The molecule has 0 amide bonds. The summed E-state index contributed by atoms with van der Waals surface area (Å²) >= 11 is 5.37. The zero-order chi connectivity index (χ0) is 17.4. The quantitative estimate of drug-likeness (QED) is 0.534. The maximum Gasteiger partial charge on any atom is 0.170 e. The topological polar surface area (TPSA) is 28.5 Å². The molecule has 0 aliphatic heterocycles. The average Bonchev–Trinajstić information content (AvgIpc) is 2.56. The van der Waals surface area contributed by atoms with Crippen LogP contribution in [0.2, 0.25) is 0 Å². The van der Waals surface area contributed by atoms with Crippen molar-refractivity contribution in [3.8, 4) is 0 Å². The van der Waals surface area contributed by atoms with Crippen LogP contribution >= 0.6 is 12.2 Å². The summed E-state index contributed by atoms with van der Waals surface area (Å²) in [6.45, 7) is 7.30. The van der Waals surface area contributed by atoms with Gasteiger partial charge in [0.2, 0.25) is 0 Å². The van der Waals surface area contributed by atoms with Gasteiger partial charge in [-0.05, 0) is 49.3 Å². The molecule has 0 bridgehead atoms. The predicted molar refractivity (Wildman–Crippen MR) is 107 cm³/mol. The van der Waals surface area contributed by atoms with Gasteiger partial charge in [-0.3, -0.25) is 0 Å². The minimum Gasteiger partial charge on any atom is -0.362 e. The van der Waals surface area contributed by atoms with Crippen LogP contribution in [0.1, 0.15) is 23.1 Å². The number of thiocarbonyl (C=S) groups is 1. The lowest BCUT2D eigenvalue weighted by atomic mass is 10.1. The Morgan fingerprint density at radius 2 is 1.79 bits per heavy atom. The number of rotatable bonds is 7. The van der Waals surface area contributed by atoms with Gasteiger partial charge in [0.25, 0.3) is 0 Å². The number of anilines is 1. The van der Waals surface area contributed by atoms with Crippen molar-refractivity contribution in [2.24, 2.45) is 0 Å². The Kier molecular flexibility index (Phi) is 7.22. The van der Waals surface area contributed by atoms with Crippen LogP contribution in [-0.2, 0) is 6.54 Å². The molecular formula is C20H28N3S+. The molecule has 2 aromatic rings. The second kappa shape index (κ2) is 9.40. The highest BCUT2D eigenvalue weighted by atomic mass is 32.1. The molecular weight excluding hydrogens is 314 g/mol. The van der Waals surface area contributed by atoms with E-state index in [4.69, 9.17) is 12.2 Å². The molecule has 0 heterocycles. The number of hydrogen-bond acceptors (Lipinski definition) is 1. The number of aryl methyl sites for hydroxylation is 2. The summed E-state index contributed by atoms with van der Waals surface area (Å²) in [5, 5.41) is 7.24. The second-order valence-corrected chi connectivity index (χ2v) is 6.81. The van der Waals surface area contributed by atoms with Crippen molar-refractivity contribution in [2.45, 2.75) is 26.8 Å². The predicted octanol–water partition coefficient (Wildman–Crippen LogP) is 2.69. The number of nitrogens with one attached hydrogen (secondary N) is 3. The van der Waals surface area contributed by atoms with E-state index < -0.39 is 0 Å². The van der Waals surface area contributed by atoms with Gasteiger partial charge in [-0.25, -0.2) is 0 Å². The lowest BCUT2D eigenvalue weighted by molar-refractivity contribution is -0.893. The number of benzene rings is 2. The SMILES string of the molecule is Cc1ccc(NC(=S)NCCC[NH+](C)Cc2ccccc2)cc1C. The minimum atomic E-state index is 0.693. The van der Waals surface area contributed by atoms with Crippen molar-refractivity contribution in [2.75, 3.05) is 25.5 Å². The molecule has 0 spiro atoms. The summed E-state index contributed by atoms with van der Waals surface area (Å²) in [5.74, 6) is 0. The van der Waals surface area contributed by atoms with Gasteiger partial charge in [-0.1, -0.05) is 36.4 Å². The zero-order valence-corrected chi connectivity index (χ0v) is 15.7. The van der Waals surface area contributed by atoms with Crippen LogP contribution in [0.5, 0.6) is 0 Å². The Labute approximate surface area is 151 Å². The monoisotopic (exact) mass is 342 g/mol. The lowest BCUT2D eigenvalue weighted by Gasteiger charge is -2.15. The molecule has 3 nitrogen and oxygen atoms in total. The largest absolute Gasteiger partial charge is 0.362 e. The highest BCUT2D eigenvalue weighted by Crippen LogP contribution is 2.13. The first-order valence-electron chi connectivity index (χ1n) is 8.52. The molecule has 128 valence electrons. The van der Waals surface area contributed by atoms with Crippen molar-refractivity contribution in [1.82, 2.24) is 5.32 Å². The van der Waals surface area contributed by atoms with E-state index in [2.05, 4.69) is 80.1 Å². The normalized spacial score (nSPS) is 11.8. The molecule has 0 aliphatic carbocycles. The van der Waals surface area contributed by atoms with Crippen LogP contribution in [0.3, 0.4) is 0 Å². The maximum atomic E-state index is 5.37. The molecule has 2 rings (SSSR count). The fraction of sp³-hybridized carbons (Fsp3) is 0.350. The van der Waals surface area contributed by atoms with Crippen LogP contribution in [0.25, 0.3) is 0 Å². The van der Waals surface area contributed by atoms with E-state index >= 15 is 0 Å². The molecule has 1 atom stereocenters. The Morgan fingerprint density at radius 3 is 2.50 bits per heavy atom. The van der Waals surface area contributed by atoms with E-state index in [0.29, 0.717) is 5.11 Å². The second-order valence-electron chi connectivity index (χ2n) is 6.40. The molecule has 3 N–H and O–H groups in total. The van der Waals surface area contributed by atoms with Gasteiger partial charge in [-0.15, -0.1) is 0 Å². The summed E-state index contributed by atoms with van der Waals surface area (Å²) in [5.41, 5.74) is 5.00. The van der Waals surface area contributed by atoms with E-state index in [1.807, 2.05) is 0 Å². The average molecular weight is 343 g/mol. The molecule has 0 fully saturated rings. The van der Waals surface area contributed by atoms with Crippen molar-refractivity contribution in [1.29, 1.82) is 0 Å². The van der Waals surface area contributed by atoms with Gasteiger partial charge in [0.05, 0.1) is 13.6 Å². The Balaban J connectivity index is 1.64. The van der Waals surface area contributed by atoms with Crippen molar-refractivity contribution in [3.63, 3.8) is 0 Å². The Morgan fingerprint density at radius 1 is 1.04 bits per heavy atom. The molecule has 0 aliphatic rings. The van der Waals surface area contributed by atoms with Crippen molar-refractivity contribution >= 4 is 23.0 Å². The summed E-state index contributed by atoms with van der Waals surface area (Å²) in [7, 11) is 2.23. The Bertz CT molecular complexity index is 655. The smallest absolute Gasteiger partial charge is 0.170 e. The van der Waals surface area contributed by atoms with Crippen LogP contribution in [0, 0.1) is 13.8 Å². The van der Waals surface area contributed by atoms with Crippen LogP contribution in [0.4, 0.5) is 5.69 Å². The van der Waals surface area contributed by atoms with E-state index in [-0.39, 0.29) is 0 Å². The first-order chi connectivity index (χ1) is 11.5. The molecule has 4 heteroatoms. The van der Waals surface area contributed by atoms with Crippen molar-refractivity contribution < 1.29 is 4.90 Å². The van der Waals surface area contributed by atoms with E-state index in [0.717, 1.165) is 31.7 Å². The Hall–Kier alpha value is -1.91. The molecule has 0 aromatic heterocycles. The summed E-state index contributed by atoms with van der Waals surface area (Å²) in [6, 6.07) is 16.9.